The monoisotopic (exact) mass is 529 g/mol. The van der Waals surface area contributed by atoms with Gasteiger partial charge in [0.15, 0.2) is 0 Å². The lowest BCUT2D eigenvalue weighted by molar-refractivity contribution is -0.132. The zero-order valence-corrected chi connectivity index (χ0v) is 23.0. The second-order valence-electron chi connectivity index (χ2n) is 10.1. The standard InChI is InChI=1S/C32H35NO6/c1-6-37-25-15-13-24(14-16-25)33-29(22-9-7-12-27(17-22)39-21(4)5)28(31(35)32(33)36)30(34)23-10-8-11-26(18-23)38-19-20(2)3/h7-18,20-21,29,34H,6,19H2,1-5H3/b30-28-. The SMILES string of the molecule is CCOc1ccc(N2C(=O)C(=O)/C(=C(\O)c3cccc(OCC(C)C)c3)C2c2cccc(OC(C)C)c2)cc1. The molecule has 0 aromatic heterocycles. The summed E-state index contributed by atoms with van der Waals surface area (Å²) in [6.45, 7) is 10.8. The number of ether oxygens (including phenoxy) is 3. The van der Waals surface area contributed by atoms with E-state index in [0.29, 0.717) is 53.2 Å². The summed E-state index contributed by atoms with van der Waals surface area (Å²) in [7, 11) is 0. The number of nitrogens with zero attached hydrogens (tertiary/aromatic N) is 1. The van der Waals surface area contributed by atoms with Gasteiger partial charge in [-0.25, -0.2) is 0 Å². The largest absolute Gasteiger partial charge is 0.507 e. The van der Waals surface area contributed by atoms with Gasteiger partial charge in [-0.3, -0.25) is 14.5 Å². The number of ketones is 1. The number of benzene rings is 3. The second kappa shape index (κ2) is 12.1. The summed E-state index contributed by atoms with van der Waals surface area (Å²) in [5.41, 5.74) is 1.53. The maximum atomic E-state index is 13.5. The number of hydrogen-bond acceptors (Lipinski definition) is 6. The Morgan fingerprint density at radius 3 is 2.23 bits per heavy atom. The van der Waals surface area contributed by atoms with Crippen molar-refractivity contribution in [3.8, 4) is 17.2 Å². The molecule has 1 heterocycles. The van der Waals surface area contributed by atoms with Crippen LogP contribution >= 0.6 is 0 Å². The molecule has 7 nitrogen and oxygen atoms in total. The smallest absolute Gasteiger partial charge is 0.300 e. The number of amides is 1. The minimum Gasteiger partial charge on any atom is -0.507 e. The van der Waals surface area contributed by atoms with Gasteiger partial charge in [0.2, 0.25) is 0 Å². The summed E-state index contributed by atoms with van der Waals surface area (Å²) in [5.74, 6) is 0.378. The van der Waals surface area contributed by atoms with Gasteiger partial charge in [-0.05, 0) is 80.8 Å². The van der Waals surface area contributed by atoms with Gasteiger partial charge in [0.1, 0.15) is 23.0 Å². The molecule has 7 heteroatoms. The highest BCUT2D eigenvalue weighted by atomic mass is 16.5. The van der Waals surface area contributed by atoms with Crippen LogP contribution in [0.2, 0.25) is 0 Å². The molecule has 1 aliphatic rings. The first-order chi connectivity index (χ1) is 18.7. The second-order valence-corrected chi connectivity index (χ2v) is 10.1. The molecule has 4 rings (SSSR count). The summed E-state index contributed by atoms with van der Waals surface area (Å²) in [6, 6.07) is 20.3. The van der Waals surface area contributed by atoms with Crippen molar-refractivity contribution >= 4 is 23.1 Å². The third kappa shape index (κ3) is 6.25. The minimum atomic E-state index is -0.876. The van der Waals surface area contributed by atoms with Crippen molar-refractivity contribution in [1.29, 1.82) is 0 Å². The molecule has 0 saturated carbocycles. The zero-order valence-electron chi connectivity index (χ0n) is 23.0. The van der Waals surface area contributed by atoms with Crippen molar-refractivity contribution in [3.63, 3.8) is 0 Å². The summed E-state index contributed by atoms with van der Waals surface area (Å²) in [4.78, 5) is 28.4. The van der Waals surface area contributed by atoms with Crippen molar-refractivity contribution in [2.75, 3.05) is 18.1 Å². The van der Waals surface area contributed by atoms with Crippen molar-refractivity contribution in [3.05, 3.63) is 89.5 Å². The molecule has 3 aromatic rings. The van der Waals surface area contributed by atoms with Crippen LogP contribution < -0.4 is 19.1 Å². The van der Waals surface area contributed by atoms with Crippen LogP contribution in [0.5, 0.6) is 17.2 Å². The van der Waals surface area contributed by atoms with E-state index in [9.17, 15) is 14.7 Å². The Kier molecular flexibility index (Phi) is 8.59. The molecule has 0 radical (unpaired) electrons. The first-order valence-electron chi connectivity index (χ1n) is 13.2. The lowest BCUT2D eigenvalue weighted by Crippen LogP contribution is -2.29. The van der Waals surface area contributed by atoms with Crippen molar-refractivity contribution in [1.82, 2.24) is 0 Å². The van der Waals surface area contributed by atoms with Gasteiger partial charge >= 0.3 is 0 Å². The number of carbonyl (C=O) groups is 2. The van der Waals surface area contributed by atoms with Crippen LogP contribution in [0.3, 0.4) is 0 Å². The number of carbonyl (C=O) groups excluding carboxylic acids is 2. The van der Waals surface area contributed by atoms with E-state index in [1.54, 1.807) is 54.6 Å². The molecule has 1 unspecified atom stereocenters. The Balaban J connectivity index is 1.85. The Hall–Kier alpha value is -4.26. The average Bonchev–Trinajstić information content (AvgIpc) is 3.18. The van der Waals surface area contributed by atoms with E-state index < -0.39 is 17.7 Å². The van der Waals surface area contributed by atoms with E-state index in [-0.39, 0.29) is 17.4 Å². The maximum absolute atomic E-state index is 13.5. The summed E-state index contributed by atoms with van der Waals surface area (Å²) in [5, 5.41) is 11.5. The molecular formula is C32H35NO6. The quantitative estimate of drug-likeness (QED) is 0.183. The molecule has 1 atom stereocenters. The number of rotatable bonds is 10. The highest BCUT2D eigenvalue weighted by Crippen LogP contribution is 2.43. The molecule has 1 fully saturated rings. The fourth-order valence-corrected chi connectivity index (χ4v) is 4.47. The summed E-state index contributed by atoms with van der Waals surface area (Å²) >= 11 is 0. The van der Waals surface area contributed by atoms with E-state index in [4.69, 9.17) is 14.2 Å². The number of aliphatic hydroxyl groups is 1. The van der Waals surface area contributed by atoms with E-state index in [2.05, 4.69) is 0 Å². The van der Waals surface area contributed by atoms with Crippen LogP contribution in [-0.2, 0) is 9.59 Å². The number of Topliss-reactive ketones (excluding diaryl/α,β-unsaturated/α-hetero) is 1. The first kappa shape index (κ1) is 27.8. The van der Waals surface area contributed by atoms with Gasteiger partial charge in [0.05, 0.1) is 30.9 Å². The van der Waals surface area contributed by atoms with Crippen LogP contribution in [0.25, 0.3) is 5.76 Å². The van der Waals surface area contributed by atoms with Crippen LogP contribution in [0.1, 0.15) is 51.8 Å². The van der Waals surface area contributed by atoms with Crippen molar-refractivity contribution in [2.45, 2.75) is 46.8 Å². The molecule has 1 saturated heterocycles. The van der Waals surface area contributed by atoms with E-state index >= 15 is 0 Å². The van der Waals surface area contributed by atoms with Crippen molar-refractivity contribution in [2.24, 2.45) is 5.92 Å². The molecule has 1 aliphatic heterocycles. The molecule has 1 N–H and O–H groups in total. The highest BCUT2D eigenvalue weighted by Gasteiger charge is 2.47. The van der Waals surface area contributed by atoms with Crippen LogP contribution in [0.4, 0.5) is 5.69 Å². The normalized spacial score (nSPS) is 16.7. The van der Waals surface area contributed by atoms with Gasteiger partial charge in [-0.15, -0.1) is 0 Å². The first-order valence-corrected chi connectivity index (χ1v) is 13.2. The van der Waals surface area contributed by atoms with E-state index in [1.807, 2.05) is 52.8 Å². The molecule has 0 spiro atoms. The summed E-state index contributed by atoms with van der Waals surface area (Å²) in [6.07, 6.45) is -0.0636. The third-order valence-electron chi connectivity index (χ3n) is 6.11. The highest BCUT2D eigenvalue weighted by molar-refractivity contribution is 6.51. The summed E-state index contributed by atoms with van der Waals surface area (Å²) < 4.78 is 17.3. The molecule has 3 aromatic carbocycles. The minimum absolute atomic E-state index is 0.00316. The Labute approximate surface area is 229 Å². The number of anilines is 1. The molecule has 204 valence electrons. The lowest BCUT2D eigenvalue weighted by atomic mass is 9.95. The van der Waals surface area contributed by atoms with Gasteiger partial charge in [0.25, 0.3) is 11.7 Å². The lowest BCUT2D eigenvalue weighted by Gasteiger charge is -2.26. The van der Waals surface area contributed by atoms with Gasteiger partial charge < -0.3 is 19.3 Å². The Bertz CT molecular complexity index is 1360. The fourth-order valence-electron chi connectivity index (χ4n) is 4.47. The van der Waals surface area contributed by atoms with Crippen LogP contribution in [-0.4, -0.2) is 36.1 Å². The van der Waals surface area contributed by atoms with Gasteiger partial charge in [0, 0.05) is 11.3 Å². The van der Waals surface area contributed by atoms with Crippen LogP contribution in [0, 0.1) is 5.92 Å². The maximum Gasteiger partial charge on any atom is 0.300 e. The molecule has 39 heavy (non-hydrogen) atoms. The molecule has 1 amide bonds. The number of hydrogen-bond donors (Lipinski definition) is 1. The van der Waals surface area contributed by atoms with Gasteiger partial charge in [-0.1, -0.05) is 38.1 Å². The number of aliphatic hydroxyl groups excluding tert-OH is 1. The molecular weight excluding hydrogens is 494 g/mol. The fraction of sp³-hybridized carbons (Fsp3) is 0.312. The zero-order chi connectivity index (χ0) is 28.1. The predicted octanol–water partition coefficient (Wildman–Crippen LogP) is 6.53. The molecule has 0 bridgehead atoms. The van der Waals surface area contributed by atoms with E-state index in [1.165, 1.54) is 4.90 Å². The topological polar surface area (TPSA) is 85.3 Å². The Morgan fingerprint density at radius 1 is 0.872 bits per heavy atom. The van der Waals surface area contributed by atoms with E-state index in [0.717, 1.165) is 0 Å². The molecule has 0 aliphatic carbocycles. The van der Waals surface area contributed by atoms with Crippen molar-refractivity contribution < 1.29 is 28.9 Å². The predicted molar refractivity (Wildman–Crippen MR) is 151 cm³/mol. The Morgan fingerprint density at radius 2 is 1.56 bits per heavy atom. The average molecular weight is 530 g/mol. The van der Waals surface area contributed by atoms with Gasteiger partial charge in [-0.2, -0.15) is 0 Å². The third-order valence-corrected chi connectivity index (χ3v) is 6.11. The van der Waals surface area contributed by atoms with Crippen LogP contribution in [0.15, 0.2) is 78.4 Å².